The van der Waals surface area contributed by atoms with E-state index in [4.69, 9.17) is 0 Å². The van der Waals surface area contributed by atoms with Crippen LogP contribution in [-0.2, 0) is 0 Å². The standard InChI is InChI=1S/C6F12/c7-1(3(9,10)5(13,14)15)2(8)4(11,12)6(16,17)18. The van der Waals surface area contributed by atoms with E-state index < -0.39 is 35.9 Å². The summed E-state index contributed by atoms with van der Waals surface area (Å²) < 4.78 is 141. The molecule has 0 fully saturated rings. The third-order valence-electron chi connectivity index (χ3n) is 1.46. The Morgan fingerprint density at radius 3 is 0.722 bits per heavy atom. The van der Waals surface area contributed by atoms with Crippen molar-refractivity contribution >= 4 is 0 Å². The molecule has 0 spiro atoms. The third kappa shape index (κ3) is 2.66. The molecule has 0 atom stereocenters. The molecule has 0 nitrogen and oxygen atoms in total. The van der Waals surface area contributed by atoms with Crippen LogP contribution in [0.4, 0.5) is 52.7 Å². The zero-order valence-electron chi connectivity index (χ0n) is 7.54. The topological polar surface area (TPSA) is 0 Å². The van der Waals surface area contributed by atoms with Crippen LogP contribution in [-0.4, -0.2) is 24.2 Å². The van der Waals surface area contributed by atoms with E-state index in [1.54, 1.807) is 0 Å². The molecule has 0 amide bonds. The van der Waals surface area contributed by atoms with Gasteiger partial charge in [0.25, 0.3) is 0 Å². The number of allylic oxidation sites excluding steroid dienone is 2. The predicted molar refractivity (Wildman–Crippen MR) is 31.2 cm³/mol. The molecule has 0 aromatic rings. The molecule has 0 rings (SSSR count). The van der Waals surface area contributed by atoms with E-state index in [0.29, 0.717) is 0 Å². The molecule has 0 saturated carbocycles. The molecule has 0 N–H and O–H groups in total. The Kier molecular flexibility index (Phi) is 3.97. The molecule has 0 unspecified atom stereocenters. The first-order valence-electron chi connectivity index (χ1n) is 3.52. The Morgan fingerprint density at radius 2 is 0.611 bits per heavy atom. The van der Waals surface area contributed by atoms with Crippen molar-refractivity contribution in [2.24, 2.45) is 0 Å². The highest BCUT2D eigenvalue weighted by Gasteiger charge is 2.68. The summed E-state index contributed by atoms with van der Waals surface area (Å²) in [5.41, 5.74) is 0. The van der Waals surface area contributed by atoms with Gasteiger partial charge >= 0.3 is 24.2 Å². The van der Waals surface area contributed by atoms with Crippen molar-refractivity contribution in [3.8, 4) is 0 Å². The normalized spacial score (nSPS) is 16.7. The van der Waals surface area contributed by atoms with Crippen molar-refractivity contribution in [2.45, 2.75) is 24.2 Å². The fourth-order valence-electron chi connectivity index (χ4n) is 0.525. The van der Waals surface area contributed by atoms with Crippen LogP contribution in [0.2, 0.25) is 0 Å². The van der Waals surface area contributed by atoms with Crippen LogP contribution in [0.3, 0.4) is 0 Å². The van der Waals surface area contributed by atoms with Gasteiger partial charge in [-0.25, -0.2) is 8.78 Å². The second kappa shape index (κ2) is 4.23. The minimum atomic E-state index is -6.86. The lowest BCUT2D eigenvalue weighted by Crippen LogP contribution is -2.42. The zero-order valence-corrected chi connectivity index (χ0v) is 7.54. The highest BCUT2D eigenvalue weighted by Crippen LogP contribution is 2.49. The van der Waals surface area contributed by atoms with E-state index in [9.17, 15) is 52.7 Å². The summed E-state index contributed by atoms with van der Waals surface area (Å²) in [7, 11) is 0. The molecule has 0 radical (unpaired) electrons. The molecule has 0 aromatic carbocycles. The van der Waals surface area contributed by atoms with Gasteiger partial charge in [0.1, 0.15) is 0 Å². The molecule has 108 valence electrons. The van der Waals surface area contributed by atoms with Gasteiger partial charge in [-0.05, 0) is 0 Å². The largest absolute Gasteiger partial charge is 0.460 e. The summed E-state index contributed by atoms with van der Waals surface area (Å²) in [5, 5.41) is 0. The van der Waals surface area contributed by atoms with E-state index in [1.165, 1.54) is 0 Å². The third-order valence-corrected chi connectivity index (χ3v) is 1.46. The molecule has 12 heteroatoms. The van der Waals surface area contributed by atoms with Gasteiger partial charge in [0.2, 0.25) is 11.7 Å². The van der Waals surface area contributed by atoms with Crippen molar-refractivity contribution < 1.29 is 52.7 Å². The SMILES string of the molecule is FC(=C(F)C(F)(F)C(F)(F)F)C(F)(F)C(F)(F)F. The van der Waals surface area contributed by atoms with Crippen LogP contribution < -0.4 is 0 Å². The highest BCUT2D eigenvalue weighted by molar-refractivity contribution is 5.19. The maximum absolute atomic E-state index is 12.2. The van der Waals surface area contributed by atoms with Crippen molar-refractivity contribution in [3.63, 3.8) is 0 Å². The number of alkyl halides is 10. The quantitative estimate of drug-likeness (QED) is 0.657. The summed E-state index contributed by atoms with van der Waals surface area (Å²) in [4.78, 5) is 0. The van der Waals surface area contributed by atoms with Crippen molar-refractivity contribution in [2.75, 3.05) is 0 Å². The van der Waals surface area contributed by atoms with Gasteiger partial charge in [0.15, 0.2) is 0 Å². The monoisotopic (exact) mass is 300 g/mol. The number of halogens is 12. The molecule has 0 aliphatic heterocycles. The Bertz CT molecular complexity index is 307. The average molecular weight is 300 g/mol. The van der Waals surface area contributed by atoms with Crippen LogP contribution in [0.15, 0.2) is 11.7 Å². The van der Waals surface area contributed by atoms with Gasteiger partial charge in [0, 0.05) is 0 Å². The second-order valence-electron chi connectivity index (χ2n) is 2.77. The minimum absolute atomic E-state index is 4.54. The van der Waals surface area contributed by atoms with Crippen LogP contribution in [0, 0.1) is 0 Å². The first-order valence-corrected chi connectivity index (χ1v) is 3.52. The maximum atomic E-state index is 12.2. The average Bonchev–Trinajstić information content (AvgIpc) is 2.11. The molecule has 18 heavy (non-hydrogen) atoms. The molecule has 0 aliphatic carbocycles. The zero-order chi connectivity index (χ0) is 15.2. The number of hydrogen-bond donors (Lipinski definition) is 0. The maximum Gasteiger partial charge on any atom is 0.460 e. The van der Waals surface area contributed by atoms with Crippen LogP contribution in [0.25, 0.3) is 0 Å². The van der Waals surface area contributed by atoms with E-state index in [2.05, 4.69) is 0 Å². The molecular weight excluding hydrogens is 300 g/mol. The fourth-order valence-corrected chi connectivity index (χ4v) is 0.525. The van der Waals surface area contributed by atoms with Crippen molar-refractivity contribution in [3.05, 3.63) is 11.7 Å². The smallest absolute Gasteiger partial charge is 0.202 e. The Morgan fingerprint density at radius 1 is 0.444 bits per heavy atom. The first kappa shape index (κ1) is 16.9. The predicted octanol–water partition coefficient (Wildman–Crippen LogP) is 4.53. The van der Waals surface area contributed by atoms with Crippen molar-refractivity contribution in [1.82, 2.24) is 0 Å². The molecule has 0 aromatic heterocycles. The number of hydrogen-bond acceptors (Lipinski definition) is 0. The summed E-state index contributed by atoms with van der Waals surface area (Å²) in [5.74, 6) is -22.7. The Labute approximate surface area is 89.9 Å². The van der Waals surface area contributed by atoms with E-state index in [1.807, 2.05) is 0 Å². The Balaban J connectivity index is 5.81. The van der Waals surface area contributed by atoms with Gasteiger partial charge in [-0.1, -0.05) is 0 Å². The summed E-state index contributed by atoms with van der Waals surface area (Å²) in [6.07, 6.45) is -13.7. The lowest BCUT2D eigenvalue weighted by molar-refractivity contribution is -0.284. The van der Waals surface area contributed by atoms with Gasteiger partial charge in [-0.15, -0.1) is 0 Å². The molecule has 0 aliphatic rings. The molecular formula is C6F12. The summed E-state index contributed by atoms with van der Waals surface area (Å²) in [6, 6.07) is 0. The van der Waals surface area contributed by atoms with Crippen LogP contribution in [0.5, 0.6) is 0 Å². The number of rotatable bonds is 2. The first-order chi connectivity index (χ1) is 7.57. The van der Waals surface area contributed by atoms with Gasteiger partial charge in [-0.2, -0.15) is 43.9 Å². The minimum Gasteiger partial charge on any atom is -0.202 e. The highest BCUT2D eigenvalue weighted by atomic mass is 19.4. The lowest BCUT2D eigenvalue weighted by Gasteiger charge is -2.22. The van der Waals surface area contributed by atoms with Gasteiger partial charge in [0.05, 0.1) is 0 Å². The van der Waals surface area contributed by atoms with Gasteiger partial charge in [-0.3, -0.25) is 0 Å². The van der Waals surface area contributed by atoms with E-state index >= 15 is 0 Å². The van der Waals surface area contributed by atoms with Crippen LogP contribution in [0.1, 0.15) is 0 Å². The summed E-state index contributed by atoms with van der Waals surface area (Å²) >= 11 is 0. The van der Waals surface area contributed by atoms with Crippen molar-refractivity contribution in [1.29, 1.82) is 0 Å². The van der Waals surface area contributed by atoms with E-state index in [0.717, 1.165) is 0 Å². The van der Waals surface area contributed by atoms with Gasteiger partial charge < -0.3 is 0 Å². The lowest BCUT2D eigenvalue weighted by atomic mass is 10.2. The summed E-state index contributed by atoms with van der Waals surface area (Å²) in [6.45, 7) is 0. The molecule has 0 heterocycles. The van der Waals surface area contributed by atoms with Crippen LogP contribution >= 0.6 is 0 Å². The molecule has 0 saturated heterocycles. The molecule has 0 bridgehead atoms. The van der Waals surface area contributed by atoms with E-state index in [-0.39, 0.29) is 0 Å². The fraction of sp³-hybridized carbons (Fsp3) is 0.667. The Hall–Kier alpha value is -1.10. The second-order valence-corrected chi connectivity index (χ2v) is 2.77.